The monoisotopic (exact) mass is 435 g/mol. The summed E-state index contributed by atoms with van der Waals surface area (Å²) in [4.78, 5) is 15.6. The molecule has 0 bridgehead atoms. The van der Waals surface area contributed by atoms with Crippen LogP contribution in [0.4, 0.5) is 5.69 Å². The van der Waals surface area contributed by atoms with Crippen LogP contribution in [0.1, 0.15) is 5.56 Å². The van der Waals surface area contributed by atoms with Crippen molar-refractivity contribution in [1.29, 1.82) is 0 Å². The normalized spacial score (nSPS) is 10.9. The second-order valence-electron chi connectivity index (χ2n) is 7.75. The molecule has 0 atom stereocenters. The van der Waals surface area contributed by atoms with E-state index >= 15 is 0 Å². The van der Waals surface area contributed by atoms with Crippen LogP contribution in [0.2, 0.25) is 0 Å². The van der Waals surface area contributed by atoms with Gasteiger partial charge in [0.25, 0.3) is 5.69 Å². The van der Waals surface area contributed by atoms with Gasteiger partial charge >= 0.3 is 0 Å². The molecule has 3 aromatic carbocycles. The number of nitrogens with zero attached hydrogens (tertiary/aromatic N) is 3. The van der Waals surface area contributed by atoms with Crippen LogP contribution in [0.5, 0.6) is 5.75 Å². The number of nitro benzene ring substituents is 1. The molecule has 0 amide bonds. The smallest absolute Gasteiger partial charge is 0.270 e. The fourth-order valence-electron chi connectivity index (χ4n) is 4.13. The first-order valence-corrected chi connectivity index (χ1v) is 10.5. The van der Waals surface area contributed by atoms with Crippen LogP contribution in [-0.4, -0.2) is 21.6 Å². The van der Waals surface area contributed by atoms with Crippen molar-refractivity contribution in [2.75, 3.05) is 7.11 Å². The highest BCUT2D eigenvalue weighted by Gasteiger charge is 2.17. The molecule has 0 aliphatic heterocycles. The highest BCUT2D eigenvalue weighted by atomic mass is 16.6. The number of aromatic nitrogens is 2. The summed E-state index contributed by atoms with van der Waals surface area (Å²) in [5.74, 6) is 0.806. The van der Waals surface area contributed by atoms with Crippen LogP contribution in [0.3, 0.4) is 0 Å². The lowest BCUT2D eigenvalue weighted by Crippen LogP contribution is -2.00. The lowest BCUT2D eigenvalue weighted by Gasteiger charge is -2.10. The summed E-state index contributed by atoms with van der Waals surface area (Å²) in [6.45, 7) is 0.626. The van der Waals surface area contributed by atoms with Gasteiger partial charge in [-0.1, -0.05) is 54.6 Å². The number of ether oxygens (including phenoxy) is 1. The molecule has 0 fully saturated rings. The molecule has 6 heteroatoms. The van der Waals surface area contributed by atoms with E-state index in [0.29, 0.717) is 17.8 Å². The van der Waals surface area contributed by atoms with Gasteiger partial charge < -0.3 is 9.30 Å². The first kappa shape index (κ1) is 20.5. The lowest BCUT2D eigenvalue weighted by molar-refractivity contribution is -0.384. The van der Waals surface area contributed by atoms with Crippen LogP contribution in [-0.2, 0) is 6.54 Å². The predicted molar refractivity (Wildman–Crippen MR) is 129 cm³/mol. The Balaban J connectivity index is 1.72. The lowest BCUT2D eigenvalue weighted by atomic mass is 10.0. The molecule has 0 spiro atoms. The Labute approximate surface area is 190 Å². The Hall–Kier alpha value is -4.45. The zero-order valence-corrected chi connectivity index (χ0v) is 18.0. The Morgan fingerprint density at radius 3 is 2.42 bits per heavy atom. The van der Waals surface area contributed by atoms with E-state index < -0.39 is 0 Å². The summed E-state index contributed by atoms with van der Waals surface area (Å²) in [6.07, 6.45) is 3.90. The van der Waals surface area contributed by atoms with Gasteiger partial charge in [0.15, 0.2) is 0 Å². The standard InChI is InChI=1S/C27H21N3O3/c1-33-23-12-10-19(11-13-23)17-29-18-25(20-6-3-2-4-7-20)24-14-15-28-26(27(24)29)21-8-5-9-22(16-21)30(31)32/h2-16,18H,17H2,1H3. The number of benzene rings is 3. The van der Waals surface area contributed by atoms with E-state index in [0.717, 1.165) is 33.3 Å². The first-order chi connectivity index (χ1) is 16.1. The van der Waals surface area contributed by atoms with Gasteiger partial charge in [-0.3, -0.25) is 15.1 Å². The minimum Gasteiger partial charge on any atom is -0.497 e. The zero-order chi connectivity index (χ0) is 22.8. The van der Waals surface area contributed by atoms with Crippen molar-refractivity contribution in [3.05, 3.63) is 113 Å². The number of hydrogen-bond donors (Lipinski definition) is 0. The Bertz CT molecular complexity index is 1440. The van der Waals surface area contributed by atoms with Gasteiger partial charge in [0.2, 0.25) is 0 Å². The molecule has 0 saturated carbocycles. The fraction of sp³-hybridized carbons (Fsp3) is 0.0741. The third kappa shape index (κ3) is 3.94. The number of non-ortho nitro benzene ring substituents is 1. The van der Waals surface area contributed by atoms with Crippen LogP contribution in [0.25, 0.3) is 33.3 Å². The number of nitro groups is 1. The second-order valence-corrected chi connectivity index (χ2v) is 7.75. The third-order valence-electron chi connectivity index (χ3n) is 5.71. The highest BCUT2D eigenvalue weighted by molar-refractivity contribution is 6.02. The Morgan fingerprint density at radius 1 is 0.939 bits per heavy atom. The van der Waals surface area contributed by atoms with Gasteiger partial charge in [0, 0.05) is 47.6 Å². The second kappa shape index (κ2) is 8.59. The minimum atomic E-state index is -0.380. The number of fused-ring (bicyclic) bond motifs is 1. The van der Waals surface area contributed by atoms with Crippen molar-refractivity contribution >= 4 is 16.6 Å². The first-order valence-electron chi connectivity index (χ1n) is 10.5. The van der Waals surface area contributed by atoms with Crippen LogP contribution in [0.15, 0.2) is 97.3 Å². The van der Waals surface area contributed by atoms with E-state index in [9.17, 15) is 10.1 Å². The van der Waals surface area contributed by atoms with Crippen molar-refractivity contribution in [1.82, 2.24) is 9.55 Å². The molecule has 2 heterocycles. The van der Waals surface area contributed by atoms with E-state index in [1.54, 1.807) is 25.4 Å². The van der Waals surface area contributed by atoms with Gasteiger partial charge in [-0.05, 0) is 29.3 Å². The molecular formula is C27H21N3O3. The molecule has 33 heavy (non-hydrogen) atoms. The Kier molecular flexibility index (Phi) is 5.32. The maximum Gasteiger partial charge on any atom is 0.270 e. The molecule has 0 N–H and O–H groups in total. The Morgan fingerprint density at radius 2 is 1.70 bits per heavy atom. The molecule has 0 unspecified atom stereocenters. The van der Waals surface area contributed by atoms with E-state index in [1.807, 2.05) is 54.6 Å². The van der Waals surface area contributed by atoms with Crippen LogP contribution < -0.4 is 4.74 Å². The molecular weight excluding hydrogens is 414 g/mol. The maximum atomic E-state index is 11.4. The molecule has 162 valence electrons. The van der Waals surface area contributed by atoms with Gasteiger partial charge in [-0.2, -0.15) is 0 Å². The average molecular weight is 435 g/mol. The fourth-order valence-corrected chi connectivity index (χ4v) is 4.13. The van der Waals surface area contributed by atoms with Gasteiger partial charge in [0.05, 0.1) is 23.2 Å². The van der Waals surface area contributed by atoms with E-state index in [4.69, 9.17) is 4.74 Å². The summed E-state index contributed by atoms with van der Waals surface area (Å²) < 4.78 is 7.45. The minimum absolute atomic E-state index is 0.0443. The van der Waals surface area contributed by atoms with Crippen molar-refractivity contribution in [3.8, 4) is 28.1 Å². The summed E-state index contributed by atoms with van der Waals surface area (Å²) in [7, 11) is 1.65. The number of pyridine rings is 1. The third-order valence-corrected chi connectivity index (χ3v) is 5.71. The molecule has 0 saturated heterocycles. The van der Waals surface area contributed by atoms with Gasteiger partial charge in [-0.25, -0.2) is 0 Å². The van der Waals surface area contributed by atoms with Crippen LogP contribution in [0, 0.1) is 10.1 Å². The molecule has 5 rings (SSSR count). The molecule has 0 aliphatic rings. The van der Waals surface area contributed by atoms with Gasteiger partial charge in [0.1, 0.15) is 5.75 Å². The highest BCUT2D eigenvalue weighted by Crippen LogP contribution is 2.36. The van der Waals surface area contributed by atoms with Crippen LogP contribution >= 0.6 is 0 Å². The molecule has 5 aromatic rings. The number of methoxy groups -OCH3 is 1. The van der Waals surface area contributed by atoms with E-state index in [1.165, 1.54) is 6.07 Å². The quantitative estimate of drug-likeness (QED) is 0.231. The van der Waals surface area contributed by atoms with Crippen molar-refractivity contribution < 1.29 is 9.66 Å². The van der Waals surface area contributed by atoms with E-state index in [-0.39, 0.29) is 10.6 Å². The summed E-state index contributed by atoms with van der Waals surface area (Å²) in [5.41, 5.74) is 5.72. The van der Waals surface area contributed by atoms with Gasteiger partial charge in [-0.15, -0.1) is 0 Å². The molecule has 6 nitrogen and oxygen atoms in total. The van der Waals surface area contributed by atoms with E-state index in [2.05, 4.69) is 27.9 Å². The maximum absolute atomic E-state index is 11.4. The average Bonchev–Trinajstić information content (AvgIpc) is 3.23. The summed E-state index contributed by atoms with van der Waals surface area (Å²) >= 11 is 0. The molecule has 0 aliphatic carbocycles. The summed E-state index contributed by atoms with van der Waals surface area (Å²) in [6, 6.07) is 26.8. The molecule has 0 radical (unpaired) electrons. The van der Waals surface area contributed by atoms with Crippen molar-refractivity contribution in [3.63, 3.8) is 0 Å². The largest absolute Gasteiger partial charge is 0.497 e. The summed E-state index contributed by atoms with van der Waals surface area (Å²) in [5, 5.41) is 12.4. The number of hydrogen-bond acceptors (Lipinski definition) is 4. The molecule has 2 aromatic heterocycles. The SMILES string of the molecule is COc1ccc(Cn2cc(-c3ccccc3)c3ccnc(-c4cccc([N+](=O)[O-])c4)c32)cc1. The van der Waals surface area contributed by atoms with Crippen molar-refractivity contribution in [2.45, 2.75) is 6.54 Å². The van der Waals surface area contributed by atoms with Crippen molar-refractivity contribution in [2.24, 2.45) is 0 Å². The zero-order valence-electron chi connectivity index (χ0n) is 18.0. The predicted octanol–water partition coefficient (Wildman–Crippen LogP) is 6.34. The topological polar surface area (TPSA) is 70.2 Å². The number of rotatable bonds is 6.